The van der Waals surface area contributed by atoms with Gasteiger partial charge in [0.25, 0.3) is 0 Å². The number of hydrogen-bond acceptors (Lipinski definition) is 2. The Labute approximate surface area is 82.8 Å². The third-order valence-electron chi connectivity index (χ3n) is 2.79. The van der Waals surface area contributed by atoms with Crippen LogP contribution in [0.1, 0.15) is 35.3 Å². The van der Waals surface area contributed by atoms with Crippen LogP contribution in [0.15, 0.2) is 18.3 Å². The van der Waals surface area contributed by atoms with Gasteiger partial charge in [-0.15, -0.1) is 0 Å². The van der Waals surface area contributed by atoms with Crippen molar-refractivity contribution in [2.45, 2.75) is 25.7 Å². The number of carbonyl (C=O) groups is 1. The predicted octanol–water partition coefficient (Wildman–Crippen LogP) is 2.12. The summed E-state index contributed by atoms with van der Waals surface area (Å²) in [7, 11) is 0. The number of pyridine rings is 1. The van der Waals surface area contributed by atoms with E-state index in [1.54, 1.807) is 12.3 Å². The molecule has 0 radical (unpaired) electrons. The second-order valence-electron chi connectivity index (χ2n) is 3.86. The normalized spacial score (nSPS) is 16.3. The fourth-order valence-corrected chi connectivity index (χ4v) is 1.75. The van der Waals surface area contributed by atoms with Gasteiger partial charge in [0.05, 0.1) is 0 Å². The number of carboxylic acid groups (broad SMARTS) is 1. The average molecular weight is 191 g/mol. The molecule has 0 amide bonds. The van der Waals surface area contributed by atoms with E-state index in [2.05, 4.69) is 4.98 Å². The highest BCUT2D eigenvalue weighted by Crippen LogP contribution is 2.29. The van der Waals surface area contributed by atoms with E-state index in [1.807, 2.05) is 6.07 Å². The minimum absolute atomic E-state index is 0.154. The Morgan fingerprint density at radius 1 is 1.57 bits per heavy atom. The van der Waals surface area contributed by atoms with E-state index in [1.165, 1.54) is 19.3 Å². The molecule has 1 N–H and O–H groups in total. The van der Waals surface area contributed by atoms with Crippen LogP contribution in [0.3, 0.4) is 0 Å². The molecular formula is C11H13NO2. The Kier molecular flexibility index (Phi) is 2.48. The van der Waals surface area contributed by atoms with Crippen LogP contribution < -0.4 is 0 Å². The molecule has 0 aromatic carbocycles. The van der Waals surface area contributed by atoms with Gasteiger partial charge in [-0.2, -0.15) is 0 Å². The molecule has 3 heteroatoms. The number of carboxylic acids is 1. The smallest absolute Gasteiger partial charge is 0.354 e. The molecule has 1 fully saturated rings. The molecular weight excluding hydrogens is 178 g/mol. The molecule has 0 aliphatic heterocycles. The van der Waals surface area contributed by atoms with Crippen molar-refractivity contribution in [2.75, 3.05) is 0 Å². The van der Waals surface area contributed by atoms with Gasteiger partial charge in [0.15, 0.2) is 0 Å². The number of aromatic carboxylic acids is 1. The van der Waals surface area contributed by atoms with E-state index in [4.69, 9.17) is 5.11 Å². The monoisotopic (exact) mass is 191 g/mol. The van der Waals surface area contributed by atoms with Gasteiger partial charge in [0, 0.05) is 6.20 Å². The minimum atomic E-state index is -0.944. The molecule has 0 saturated heterocycles. The maximum atomic E-state index is 10.7. The van der Waals surface area contributed by atoms with Crippen LogP contribution in [0.4, 0.5) is 0 Å². The second-order valence-corrected chi connectivity index (χ2v) is 3.86. The van der Waals surface area contributed by atoms with Crippen LogP contribution in [0, 0.1) is 5.92 Å². The van der Waals surface area contributed by atoms with Gasteiger partial charge in [-0.1, -0.05) is 19.3 Å². The van der Waals surface area contributed by atoms with Crippen molar-refractivity contribution in [3.8, 4) is 0 Å². The molecule has 1 heterocycles. The first-order valence-corrected chi connectivity index (χ1v) is 4.94. The van der Waals surface area contributed by atoms with Crippen LogP contribution in [0.25, 0.3) is 0 Å². The van der Waals surface area contributed by atoms with Gasteiger partial charge >= 0.3 is 5.97 Å². The predicted molar refractivity (Wildman–Crippen MR) is 52.2 cm³/mol. The van der Waals surface area contributed by atoms with E-state index in [-0.39, 0.29) is 5.69 Å². The Morgan fingerprint density at radius 2 is 2.36 bits per heavy atom. The lowest BCUT2D eigenvalue weighted by molar-refractivity contribution is 0.0690. The van der Waals surface area contributed by atoms with E-state index in [0.717, 1.165) is 17.9 Å². The highest BCUT2D eigenvalue weighted by atomic mass is 16.4. The van der Waals surface area contributed by atoms with Gasteiger partial charge in [-0.05, 0) is 30.0 Å². The van der Waals surface area contributed by atoms with E-state index in [9.17, 15) is 4.79 Å². The maximum Gasteiger partial charge on any atom is 0.354 e. The van der Waals surface area contributed by atoms with Crippen molar-refractivity contribution < 1.29 is 9.90 Å². The molecule has 1 aromatic rings. The maximum absolute atomic E-state index is 10.7. The Hall–Kier alpha value is -1.38. The van der Waals surface area contributed by atoms with Crippen molar-refractivity contribution in [3.63, 3.8) is 0 Å². The van der Waals surface area contributed by atoms with Crippen LogP contribution >= 0.6 is 0 Å². The van der Waals surface area contributed by atoms with Crippen LogP contribution in [0.5, 0.6) is 0 Å². The summed E-state index contributed by atoms with van der Waals surface area (Å²) in [5.41, 5.74) is 1.25. The summed E-state index contributed by atoms with van der Waals surface area (Å²) >= 11 is 0. The standard InChI is InChI=1S/C11H13NO2/c13-11(14)10-7-9(4-5-12-10)6-8-2-1-3-8/h4-5,7-8H,1-3,6H2,(H,13,14). The molecule has 3 nitrogen and oxygen atoms in total. The topological polar surface area (TPSA) is 50.2 Å². The number of rotatable bonds is 3. The van der Waals surface area contributed by atoms with E-state index in [0.29, 0.717) is 0 Å². The van der Waals surface area contributed by atoms with Crippen molar-refractivity contribution in [3.05, 3.63) is 29.6 Å². The average Bonchev–Trinajstić information content (AvgIpc) is 2.12. The van der Waals surface area contributed by atoms with Gasteiger partial charge in [0.2, 0.25) is 0 Å². The minimum Gasteiger partial charge on any atom is -0.477 e. The van der Waals surface area contributed by atoms with Gasteiger partial charge in [-0.25, -0.2) is 9.78 Å². The molecule has 74 valence electrons. The lowest BCUT2D eigenvalue weighted by atomic mass is 9.81. The molecule has 2 rings (SSSR count). The summed E-state index contributed by atoms with van der Waals surface area (Å²) in [6.45, 7) is 0. The molecule has 1 aromatic heterocycles. The summed E-state index contributed by atoms with van der Waals surface area (Å²) in [4.78, 5) is 14.5. The highest BCUT2D eigenvalue weighted by molar-refractivity contribution is 5.85. The van der Waals surface area contributed by atoms with Crippen LogP contribution in [0.2, 0.25) is 0 Å². The number of nitrogens with zero attached hydrogens (tertiary/aromatic N) is 1. The Bertz CT molecular complexity index is 345. The second kappa shape index (κ2) is 3.78. The molecule has 1 saturated carbocycles. The molecule has 0 atom stereocenters. The first-order chi connectivity index (χ1) is 6.75. The fraction of sp³-hybridized carbons (Fsp3) is 0.455. The SMILES string of the molecule is O=C(O)c1cc(CC2CCC2)ccn1. The molecule has 1 aliphatic rings. The summed E-state index contributed by atoms with van der Waals surface area (Å²) in [5, 5.41) is 8.75. The lowest BCUT2D eigenvalue weighted by Gasteiger charge is -2.25. The zero-order valence-electron chi connectivity index (χ0n) is 7.94. The number of hydrogen-bond donors (Lipinski definition) is 1. The van der Waals surface area contributed by atoms with Gasteiger partial charge < -0.3 is 5.11 Å². The molecule has 0 bridgehead atoms. The summed E-state index contributed by atoms with van der Waals surface area (Å²) in [6, 6.07) is 3.59. The summed E-state index contributed by atoms with van der Waals surface area (Å²) in [6.07, 6.45) is 6.47. The van der Waals surface area contributed by atoms with Crippen molar-refractivity contribution >= 4 is 5.97 Å². The summed E-state index contributed by atoms with van der Waals surface area (Å²) < 4.78 is 0. The van der Waals surface area contributed by atoms with Crippen molar-refractivity contribution in [2.24, 2.45) is 5.92 Å². The first-order valence-electron chi connectivity index (χ1n) is 4.94. The van der Waals surface area contributed by atoms with Crippen molar-refractivity contribution in [1.29, 1.82) is 0 Å². The first kappa shape index (κ1) is 9.19. The third kappa shape index (κ3) is 1.92. The van der Waals surface area contributed by atoms with E-state index >= 15 is 0 Å². The molecule has 14 heavy (non-hydrogen) atoms. The summed E-state index contributed by atoms with van der Waals surface area (Å²) in [5.74, 6) is -0.181. The van der Waals surface area contributed by atoms with Crippen LogP contribution in [-0.2, 0) is 6.42 Å². The van der Waals surface area contributed by atoms with E-state index < -0.39 is 5.97 Å². The Balaban J connectivity index is 2.09. The van der Waals surface area contributed by atoms with Gasteiger partial charge in [0.1, 0.15) is 5.69 Å². The zero-order chi connectivity index (χ0) is 9.97. The number of aromatic nitrogens is 1. The molecule has 0 unspecified atom stereocenters. The quantitative estimate of drug-likeness (QED) is 0.796. The van der Waals surface area contributed by atoms with Crippen molar-refractivity contribution in [1.82, 2.24) is 4.98 Å². The third-order valence-corrected chi connectivity index (χ3v) is 2.79. The molecule has 0 spiro atoms. The fourth-order valence-electron chi connectivity index (χ4n) is 1.75. The largest absolute Gasteiger partial charge is 0.477 e. The van der Waals surface area contributed by atoms with Crippen LogP contribution in [-0.4, -0.2) is 16.1 Å². The lowest BCUT2D eigenvalue weighted by Crippen LogP contribution is -2.14. The molecule has 1 aliphatic carbocycles. The highest BCUT2D eigenvalue weighted by Gasteiger charge is 2.18. The van der Waals surface area contributed by atoms with Gasteiger partial charge in [-0.3, -0.25) is 0 Å². The zero-order valence-corrected chi connectivity index (χ0v) is 7.94. The Morgan fingerprint density at radius 3 is 2.93 bits per heavy atom.